The van der Waals surface area contributed by atoms with Crippen LogP contribution in [0.25, 0.3) is 0 Å². The summed E-state index contributed by atoms with van der Waals surface area (Å²) in [6.45, 7) is 9.27. The molecule has 1 aliphatic carbocycles. The molecule has 1 nitrogen and oxygen atoms in total. The lowest BCUT2D eigenvalue weighted by Gasteiger charge is -2.30. The van der Waals surface area contributed by atoms with E-state index in [0.717, 1.165) is 12.5 Å². The summed E-state index contributed by atoms with van der Waals surface area (Å²) in [6, 6.07) is 0. The quantitative estimate of drug-likeness (QED) is 0.624. The van der Waals surface area contributed by atoms with Gasteiger partial charge < -0.3 is 5.32 Å². The van der Waals surface area contributed by atoms with Gasteiger partial charge >= 0.3 is 0 Å². The average Bonchev–Trinajstić information content (AvgIpc) is 2.98. The Kier molecular flexibility index (Phi) is 5.32. The van der Waals surface area contributed by atoms with Crippen LogP contribution < -0.4 is 5.32 Å². The third-order valence-electron chi connectivity index (χ3n) is 3.36. The van der Waals surface area contributed by atoms with Crippen LogP contribution in [0.1, 0.15) is 40.0 Å². The van der Waals surface area contributed by atoms with Crippen LogP contribution in [0.2, 0.25) is 0 Å². The van der Waals surface area contributed by atoms with E-state index in [9.17, 15) is 0 Å². The molecule has 14 heavy (non-hydrogen) atoms. The molecule has 0 spiro atoms. The molecule has 1 aliphatic rings. The van der Waals surface area contributed by atoms with Gasteiger partial charge in [-0.05, 0) is 48.6 Å². The Hall–Kier alpha value is 0.310. The van der Waals surface area contributed by atoms with Crippen LogP contribution in [0.15, 0.2) is 0 Å². The zero-order valence-electron chi connectivity index (χ0n) is 9.94. The maximum Gasteiger partial charge on any atom is 0.000800 e. The number of thioether (sulfide) groups is 1. The summed E-state index contributed by atoms with van der Waals surface area (Å²) < 4.78 is 0. The van der Waals surface area contributed by atoms with Crippen molar-refractivity contribution in [2.45, 2.75) is 40.0 Å². The number of hydrogen-bond acceptors (Lipinski definition) is 2. The van der Waals surface area contributed by atoms with E-state index in [1.807, 2.05) is 0 Å². The minimum Gasteiger partial charge on any atom is -0.316 e. The van der Waals surface area contributed by atoms with Crippen LogP contribution in [-0.4, -0.2) is 24.6 Å². The SMILES string of the molecule is CCNCC(C)(CCSCC)C1CC1. The number of nitrogens with one attached hydrogen (secondary N) is 1. The fourth-order valence-corrected chi connectivity index (χ4v) is 2.98. The molecular formula is C12H25NS. The minimum absolute atomic E-state index is 0.582. The fraction of sp³-hybridized carbons (Fsp3) is 1.00. The van der Waals surface area contributed by atoms with Crippen molar-refractivity contribution < 1.29 is 0 Å². The average molecular weight is 215 g/mol. The van der Waals surface area contributed by atoms with Gasteiger partial charge in [0.2, 0.25) is 0 Å². The maximum atomic E-state index is 3.53. The molecule has 1 rings (SSSR count). The normalized spacial score (nSPS) is 20.8. The van der Waals surface area contributed by atoms with Gasteiger partial charge in [0, 0.05) is 6.54 Å². The van der Waals surface area contributed by atoms with Crippen LogP contribution in [0.5, 0.6) is 0 Å². The van der Waals surface area contributed by atoms with Gasteiger partial charge in [0.15, 0.2) is 0 Å². The van der Waals surface area contributed by atoms with Gasteiger partial charge in [-0.25, -0.2) is 0 Å². The van der Waals surface area contributed by atoms with Crippen molar-refractivity contribution in [2.75, 3.05) is 24.6 Å². The molecule has 0 aromatic heterocycles. The largest absolute Gasteiger partial charge is 0.316 e. The van der Waals surface area contributed by atoms with Crippen molar-refractivity contribution in [3.05, 3.63) is 0 Å². The smallest absolute Gasteiger partial charge is 0.000800 e. The highest BCUT2D eigenvalue weighted by atomic mass is 32.2. The Balaban J connectivity index is 2.28. The highest BCUT2D eigenvalue weighted by Gasteiger charge is 2.40. The Morgan fingerprint density at radius 3 is 2.57 bits per heavy atom. The Morgan fingerprint density at radius 2 is 2.07 bits per heavy atom. The number of hydrogen-bond donors (Lipinski definition) is 1. The van der Waals surface area contributed by atoms with Crippen LogP contribution in [-0.2, 0) is 0 Å². The molecule has 1 N–H and O–H groups in total. The lowest BCUT2D eigenvalue weighted by Crippen LogP contribution is -2.34. The second kappa shape index (κ2) is 6.02. The van der Waals surface area contributed by atoms with E-state index in [1.54, 1.807) is 0 Å². The van der Waals surface area contributed by atoms with Gasteiger partial charge in [0.05, 0.1) is 0 Å². The predicted octanol–water partition coefficient (Wildman–Crippen LogP) is 3.16. The molecule has 1 atom stereocenters. The topological polar surface area (TPSA) is 12.0 Å². The molecule has 1 saturated carbocycles. The first-order valence-corrected chi connectivity index (χ1v) is 7.17. The van der Waals surface area contributed by atoms with Gasteiger partial charge in [0.1, 0.15) is 0 Å². The molecule has 0 aromatic rings. The molecule has 1 fully saturated rings. The first kappa shape index (κ1) is 12.4. The standard InChI is InChI=1S/C12H25NS/c1-4-13-10-12(3,11-6-7-11)8-9-14-5-2/h11,13H,4-10H2,1-3H3. The van der Waals surface area contributed by atoms with E-state index in [2.05, 4.69) is 37.8 Å². The highest BCUT2D eigenvalue weighted by molar-refractivity contribution is 7.99. The first-order chi connectivity index (χ1) is 6.73. The van der Waals surface area contributed by atoms with Crippen molar-refractivity contribution in [3.63, 3.8) is 0 Å². The molecule has 0 amide bonds. The zero-order chi connectivity index (χ0) is 10.4. The predicted molar refractivity (Wildman–Crippen MR) is 67.0 cm³/mol. The summed E-state index contributed by atoms with van der Waals surface area (Å²) >= 11 is 2.09. The van der Waals surface area contributed by atoms with Gasteiger partial charge in [0.25, 0.3) is 0 Å². The van der Waals surface area contributed by atoms with Crippen molar-refractivity contribution in [1.29, 1.82) is 0 Å². The molecule has 1 unspecified atom stereocenters. The van der Waals surface area contributed by atoms with Gasteiger partial charge in [-0.15, -0.1) is 0 Å². The van der Waals surface area contributed by atoms with Crippen LogP contribution in [0.3, 0.4) is 0 Å². The Morgan fingerprint density at radius 1 is 1.36 bits per heavy atom. The van der Waals surface area contributed by atoms with Crippen molar-refractivity contribution >= 4 is 11.8 Å². The summed E-state index contributed by atoms with van der Waals surface area (Å²) in [5.41, 5.74) is 0.582. The molecule has 0 bridgehead atoms. The maximum absolute atomic E-state index is 3.53. The third kappa shape index (κ3) is 3.82. The van der Waals surface area contributed by atoms with E-state index in [4.69, 9.17) is 0 Å². The van der Waals surface area contributed by atoms with Gasteiger partial charge in [-0.1, -0.05) is 20.8 Å². The van der Waals surface area contributed by atoms with E-state index in [1.165, 1.54) is 37.3 Å². The molecule has 0 aliphatic heterocycles. The van der Waals surface area contributed by atoms with Crippen molar-refractivity contribution in [3.8, 4) is 0 Å². The van der Waals surface area contributed by atoms with Crippen molar-refractivity contribution in [2.24, 2.45) is 11.3 Å². The minimum atomic E-state index is 0.582. The fourth-order valence-electron chi connectivity index (χ4n) is 2.08. The molecule has 84 valence electrons. The Labute approximate surface area is 93.4 Å². The summed E-state index contributed by atoms with van der Waals surface area (Å²) in [5, 5.41) is 3.53. The highest BCUT2D eigenvalue weighted by Crippen LogP contribution is 2.47. The van der Waals surface area contributed by atoms with Crippen molar-refractivity contribution in [1.82, 2.24) is 5.32 Å². The second-order valence-corrected chi connectivity index (χ2v) is 6.05. The van der Waals surface area contributed by atoms with Crippen LogP contribution in [0.4, 0.5) is 0 Å². The molecule has 0 aromatic carbocycles. The summed E-state index contributed by atoms with van der Waals surface area (Å²) in [4.78, 5) is 0. The molecule has 2 heteroatoms. The van der Waals surface area contributed by atoms with E-state index in [-0.39, 0.29) is 0 Å². The van der Waals surface area contributed by atoms with Crippen LogP contribution >= 0.6 is 11.8 Å². The van der Waals surface area contributed by atoms with Gasteiger partial charge in [-0.3, -0.25) is 0 Å². The second-order valence-electron chi connectivity index (χ2n) is 4.66. The van der Waals surface area contributed by atoms with Crippen LogP contribution in [0, 0.1) is 11.3 Å². The molecule has 0 saturated heterocycles. The Bertz CT molecular complexity index is 156. The first-order valence-electron chi connectivity index (χ1n) is 6.01. The lowest BCUT2D eigenvalue weighted by atomic mass is 9.82. The summed E-state index contributed by atoms with van der Waals surface area (Å²) in [6.07, 6.45) is 4.33. The van der Waals surface area contributed by atoms with E-state index >= 15 is 0 Å². The monoisotopic (exact) mass is 215 g/mol. The van der Waals surface area contributed by atoms with E-state index in [0.29, 0.717) is 5.41 Å². The third-order valence-corrected chi connectivity index (χ3v) is 4.26. The molecular weight excluding hydrogens is 190 g/mol. The number of rotatable bonds is 8. The molecule has 0 radical (unpaired) electrons. The summed E-state index contributed by atoms with van der Waals surface area (Å²) in [5.74, 6) is 3.62. The van der Waals surface area contributed by atoms with E-state index < -0.39 is 0 Å². The lowest BCUT2D eigenvalue weighted by molar-refractivity contribution is 0.252. The van der Waals surface area contributed by atoms with Gasteiger partial charge in [-0.2, -0.15) is 11.8 Å². The molecule has 0 heterocycles. The summed E-state index contributed by atoms with van der Waals surface area (Å²) in [7, 11) is 0. The zero-order valence-corrected chi connectivity index (χ0v) is 10.8.